The van der Waals surface area contributed by atoms with Gasteiger partial charge in [0.05, 0.1) is 12.6 Å². The van der Waals surface area contributed by atoms with E-state index in [1.807, 2.05) is 0 Å². The van der Waals surface area contributed by atoms with Gasteiger partial charge in [-0.3, -0.25) is 14.5 Å². The van der Waals surface area contributed by atoms with Crippen molar-refractivity contribution < 1.29 is 18.4 Å². The van der Waals surface area contributed by atoms with Crippen LogP contribution < -0.4 is 10.6 Å². The second-order valence-electron chi connectivity index (χ2n) is 9.66. The number of rotatable bonds is 3. The summed E-state index contributed by atoms with van der Waals surface area (Å²) in [4.78, 5) is 28.6. The van der Waals surface area contributed by atoms with Gasteiger partial charge in [0, 0.05) is 44.2 Å². The Hall–Kier alpha value is -1.28. The Labute approximate surface area is 171 Å². The van der Waals surface area contributed by atoms with Gasteiger partial charge in [0.2, 0.25) is 11.8 Å². The predicted molar refractivity (Wildman–Crippen MR) is 106 cm³/mol. The number of nitrogens with one attached hydrogen (secondary N) is 2. The lowest BCUT2D eigenvalue weighted by molar-refractivity contribution is -0.136. The summed E-state index contributed by atoms with van der Waals surface area (Å²) >= 11 is 0. The van der Waals surface area contributed by atoms with Crippen molar-refractivity contribution in [3.63, 3.8) is 0 Å². The third-order valence-corrected chi connectivity index (χ3v) is 7.63. The summed E-state index contributed by atoms with van der Waals surface area (Å²) in [5.41, 5.74) is 0. The summed E-state index contributed by atoms with van der Waals surface area (Å²) < 4.78 is 28.8. The van der Waals surface area contributed by atoms with Crippen molar-refractivity contribution in [1.82, 2.24) is 20.4 Å². The van der Waals surface area contributed by atoms with Gasteiger partial charge < -0.3 is 15.5 Å². The van der Waals surface area contributed by atoms with E-state index < -0.39 is 18.4 Å². The lowest BCUT2D eigenvalue weighted by Crippen LogP contribution is -2.57. The van der Waals surface area contributed by atoms with Crippen molar-refractivity contribution in [2.45, 2.75) is 82.0 Å². The average molecular weight is 413 g/mol. The molecule has 2 saturated carbocycles. The summed E-state index contributed by atoms with van der Waals surface area (Å²) in [6, 6.07) is -0.614. The maximum absolute atomic E-state index is 14.4. The van der Waals surface area contributed by atoms with Gasteiger partial charge in [-0.2, -0.15) is 0 Å². The molecule has 4 rings (SSSR count). The molecule has 2 heterocycles. The molecule has 2 N–H and O–H groups in total. The van der Waals surface area contributed by atoms with E-state index in [0.717, 1.165) is 13.0 Å². The number of amides is 2. The first-order chi connectivity index (χ1) is 13.8. The van der Waals surface area contributed by atoms with Crippen molar-refractivity contribution in [2.75, 3.05) is 26.7 Å². The van der Waals surface area contributed by atoms with Crippen LogP contribution in [-0.4, -0.2) is 84.8 Å². The maximum atomic E-state index is 14.4. The maximum Gasteiger partial charge on any atom is 0.237 e. The van der Waals surface area contributed by atoms with E-state index in [2.05, 4.69) is 22.5 Å². The Balaban J connectivity index is 1.34. The fourth-order valence-electron chi connectivity index (χ4n) is 5.83. The Bertz CT molecular complexity index is 618. The molecule has 8 atom stereocenters. The molecule has 0 bridgehead atoms. The lowest BCUT2D eigenvalue weighted by atomic mass is 9.77. The van der Waals surface area contributed by atoms with Gasteiger partial charge in [0.25, 0.3) is 0 Å². The minimum Gasteiger partial charge on any atom is -0.352 e. The fourth-order valence-corrected chi connectivity index (χ4v) is 5.83. The molecule has 2 saturated heterocycles. The summed E-state index contributed by atoms with van der Waals surface area (Å²) in [7, 11) is 1.79. The lowest BCUT2D eigenvalue weighted by Gasteiger charge is -2.42. The van der Waals surface area contributed by atoms with E-state index >= 15 is 0 Å². The molecule has 29 heavy (non-hydrogen) atoms. The zero-order valence-corrected chi connectivity index (χ0v) is 17.4. The van der Waals surface area contributed by atoms with Crippen molar-refractivity contribution in [2.24, 2.45) is 11.8 Å². The average Bonchev–Trinajstić information content (AvgIpc) is 3.13. The van der Waals surface area contributed by atoms with E-state index in [4.69, 9.17) is 0 Å². The number of piperazine rings is 1. The Morgan fingerprint density at radius 2 is 1.93 bits per heavy atom. The van der Waals surface area contributed by atoms with Crippen LogP contribution in [0.4, 0.5) is 8.78 Å². The number of likely N-dealkylation sites (N-methyl/N-ethyl adjacent to an activating group) is 1. The largest absolute Gasteiger partial charge is 0.352 e. The first-order valence-corrected chi connectivity index (χ1v) is 11.1. The second kappa shape index (κ2) is 8.46. The van der Waals surface area contributed by atoms with Crippen LogP contribution in [0, 0.1) is 11.8 Å². The van der Waals surface area contributed by atoms with Crippen molar-refractivity contribution in [3.8, 4) is 0 Å². The monoisotopic (exact) mass is 412 g/mol. The molecule has 164 valence electrons. The first kappa shape index (κ1) is 21.0. The van der Waals surface area contributed by atoms with Crippen molar-refractivity contribution in [3.05, 3.63) is 0 Å². The summed E-state index contributed by atoms with van der Waals surface area (Å²) in [6.45, 7) is 3.83. The first-order valence-electron chi connectivity index (χ1n) is 11.1. The highest BCUT2D eigenvalue weighted by molar-refractivity contribution is 5.82. The van der Waals surface area contributed by atoms with Gasteiger partial charge >= 0.3 is 0 Å². The molecule has 0 aromatic carbocycles. The standard InChI is InChI=1S/C21H34F2N4O2/c1-12-3-4-17(23)16-10-18(25-20(12)16)21(29)24-14-7-13(22)8-15(9-14)27-6-5-26(2)19(28)11-27/h12-18,20,25H,3-11H2,1-2H3,(H,24,29). The SMILES string of the molecule is CC1CCC(F)C2CC(C(=O)NC3CC(F)CC(N4CCN(C)C(=O)C4)C3)NC12. The summed E-state index contributed by atoms with van der Waals surface area (Å²) in [5, 5.41) is 6.39. The minimum absolute atomic E-state index is 0.0314. The molecular weight excluding hydrogens is 378 g/mol. The molecule has 0 aromatic heterocycles. The minimum atomic E-state index is -0.983. The molecule has 4 fully saturated rings. The van der Waals surface area contributed by atoms with Gasteiger partial charge in [-0.1, -0.05) is 6.92 Å². The van der Waals surface area contributed by atoms with E-state index in [-0.39, 0.29) is 35.9 Å². The molecule has 8 heteroatoms. The molecule has 0 radical (unpaired) electrons. The number of carbonyl (C=O) groups excluding carboxylic acids is 2. The number of hydrogen-bond acceptors (Lipinski definition) is 4. The van der Waals surface area contributed by atoms with E-state index in [9.17, 15) is 18.4 Å². The van der Waals surface area contributed by atoms with Crippen LogP contribution >= 0.6 is 0 Å². The number of alkyl halides is 2. The van der Waals surface area contributed by atoms with Crippen LogP contribution in [0.5, 0.6) is 0 Å². The van der Waals surface area contributed by atoms with Crippen LogP contribution in [0.1, 0.15) is 45.4 Å². The molecule has 2 amide bonds. The number of nitrogens with zero attached hydrogens (tertiary/aromatic N) is 2. The highest BCUT2D eigenvalue weighted by Gasteiger charge is 2.46. The van der Waals surface area contributed by atoms with Gasteiger partial charge in [-0.05, 0) is 44.4 Å². The van der Waals surface area contributed by atoms with Gasteiger partial charge in [-0.25, -0.2) is 8.78 Å². The third kappa shape index (κ3) is 4.43. The van der Waals surface area contributed by atoms with Crippen molar-refractivity contribution >= 4 is 11.8 Å². The topological polar surface area (TPSA) is 64.7 Å². The van der Waals surface area contributed by atoms with E-state index in [1.54, 1.807) is 11.9 Å². The molecule has 6 nitrogen and oxygen atoms in total. The predicted octanol–water partition coefficient (Wildman–Crippen LogP) is 1.25. The normalized spacial score (nSPS) is 43.9. The van der Waals surface area contributed by atoms with Crippen LogP contribution in [-0.2, 0) is 9.59 Å². The van der Waals surface area contributed by atoms with E-state index in [1.165, 1.54) is 0 Å². The highest BCUT2D eigenvalue weighted by Crippen LogP contribution is 2.38. The molecule has 0 spiro atoms. The fraction of sp³-hybridized carbons (Fsp3) is 0.905. The number of carbonyl (C=O) groups is 2. The summed E-state index contributed by atoms with van der Waals surface area (Å²) in [6.07, 6.45) is 1.50. The Morgan fingerprint density at radius 1 is 1.14 bits per heavy atom. The number of fused-ring (bicyclic) bond motifs is 1. The highest BCUT2D eigenvalue weighted by atomic mass is 19.1. The molecule has 8 unspecified atom stereocenters. The van der Waals surface area contributed by atoms with Crippen LogP contribution in [0.25, 0.3) is 0 Å². The van der Waals surface area contributed by atoms with Crippen molar-refractivity contribution in [1.29, 1.82) is 0 Å². The second-order valence-corrected chi connectivity index (χ2v) is 9.66. The zero-order chi connectivity index (χ0) is 20.7. The van der Waals surface area contributed by atoms with Gasteiger partial charge in [0.15, 0.2) is 0 Å². The Morgan fingerprint density at radius 3 is 2.66 bits per heavy atom. The molecule has 2 aliphatic heterocycles. The third-order valence-electron chi connectivity index (χ3n) is 7.63. The molecule has 2 aliphatic carbocycles. The van der Waals surface area contributed by atoms with E-state index in [0.29, 0.717) is 51.1 Å². The quantitative estimate of drug-likeness (QED) is 0.732. The number of hydrogen-bond donors (Lipinski definition) is 2. The van der Waals surface area contributed by atoms with Crippen LogP contribution in [0.3, 0.4) is 0 Å². The molecular formula is C21H34F2N4O2. The van der Waals surface area contributed by atoms with Crippen LogP contribution in [0.2, 0.25) is 0 Å². The summed E-state index contributed by atoms with van der Waals surface area (Å²) in [5.74, 6) is 0.198. The smallest absolute Gasteiger partial charge is 0.237 e. The zero-order valence-electron chi connectivity index (χ0n) is 17.4. The molecule has 4 aliphatic rings. The van der Waals surface area contributed by atoms with Gasteiger partial charge in [-0.15, -0.1) is 0 Å². The number of halogens is 2. The van der Waals surface area contributed by atoms with Crippen LogP contribution in [0.15, 0.2) is 0 Å². The van der Waals surface area contributed by atoms with Gasteiger partial charge in [0.1, 0.15) is 12.3 Å². The molecule has 0 aromatic rings. The Kier molecular flexibility index (Phi) is 6.11.